The van der Waals surface area contributed by atoms with Gasteiger partial charge in [0.2, 0.25) is 0 Å². The SMILES string of the molecule is O=C(O)Cn1c2c(c3c(Br)cccc31)CCNCC2. The largest absolute Gasteiger partial charge is 0.480 e. The number of hydrogen-bond donors (Lipinski definition) is 2. The van der Waals surface area contributed by atoms with E-state index in [9.17, 15) is 4.79 Å². The van der Waals surface area contributed by atoms with Crippen LogP contribution < -0.4 is 5.32 Å². The van der Waals surface area contributed by atoms with Crippen molar-refractivity contribution in [3.63, 3.8) is 0 Å². The minimum atomic E-state index is -0.795. The molecular weight excluding hydrogens is 308 g/mol. The smallest absolute Gasteiger partial charge is 0.323 e. The van der Waals surface area contributed by atoms with Crippen molar-refractivity contribution in [2.24, 2.45) is 0 Å². The number of carboxylic acid groups (broad SMARTS) is 1. The summed E-state index contributed by atoms with van der Waals surface area (Å²) in [5, 5.41) is 13.7. The predicted octanol–water partition coefficient (Wildman–Crippen LogP) is 2.18. The second kappa shape index (κ2) is 4.98. The van der Waals surface area contributed by atoms with E-state index in [1.54, 1.807) is 0 Å². The van der Waals surface area contributed by atoms with Crippen molar-refractivity contribution < 1.29 is 9.90 Å². The molecule has 2 heterocycles. The zero-order valence-electron chi connectivity index (χ0n) is 10.4. The Balaban J connectivity index is 2.30. The first-order chi connectivity index (χ1) is 9.18. The van der Waals surface area contributed by atoms with Gasteiger partial charge in [0.15, 0.2) is 0 Å². The molecule has 0 fully saturated rings. The van der Waals surface area contributed by atoms with Gasteiger partial charge in [0.05, 0.1) is 5.52 Å². The van der Waals surface area contributed by atoms with Crippen molar-refractivity contribution in [3.8, 4) is 0 Å². The number of hydrogen-bond acceptors (Lipinski definition) is 2. The van der Waals surface area contributed by atoms with Crippen LogP contribution in [-0.2, 0) is 24.2 Å². The number of nitrogens with zero attached hydrogens (tertiary/aromatic N) is 1. The minimum Gasteiger partial charge on any atom is -0.480 e. The van der Waals surface area contributed by atoms with Crippen LogP contribution in [0.15, 0.2) is 22.7 Å². The molecular formula is C14H15BrN2O2. The van der Waals surface area contributed by atoms with Gasteiger partial charge in [0.25, 0.3) is 0 Å². The van der Waals surface area contributed by atoms with Crippen molar-refractivity contribution in [3.05, 3.63) is 33.9 Å². The summed E-state index contributed by atoms with van der Waals surface area (Å²) >= 11 is 3.60. The van der Waals surface area contributed by atoms with Crippen molar-refractivity contribution in [1.29, 1.82) is 0 Å². The van der Waals surface area contributed by atoms with E-state index in [-0.39, 0.29) is 6.54 Å². The van der Waals surface area contributed by atoms with E-state index in [2.05, 4.69) is 21.2 Å². The Morgan fingerprint density at radius 1 is 1.37 bits per heavy atom. The number of aliphatic carboxylic acids is 1. The van der Waals surface area contributed by atoms with Crippen molar-refractivity contribution in [2.45, 2.75) is 19.4 Å². The van der Waals surface area contributed by atoms with E-state index in [0.717, 1.165) is 41.6 Å². The maximum Gasteiger partial charge on any atom is 0.323 e. The van der Waals surface area contributed by atoms with Gasteiger partial charge in [-0.2, -0.15) is 0 Å². The van der Waals surface area contributed by atoms with Gasteiger partial charge < -0.3 is 15.0 Å². The summed E-state index contributed by atoms with van der Waals surface area (Å²) < 4.78 is 3.00. The van der Waals surface area contributed by atoms with Crippen LogP contribution in [0, 0.1) is 0 Å². The maximum atomic E-state index is 11.1. The van der Waals surface area contributed by atoms with Crippen LogP contribution >= 0.6 is 15.9 Å². The average molecular weight is 323 g/mol. The summed E-state index contributed by atoms with van der Waals surface area (Å²) in [6, 6.07) is 5.99. The molecule has 0 bridgehead atoms. The lowest BCUT2D eigenvalue weighted by atomic mass is 10.1. The predicted molar refractivity (Wildman–Crippen MR) is 77.6 cm³/mol. The number of carboxylic acids is 1. The summed E-state index contributed by atoms with van der Waals surface area (Å²) in [4.78, 5) is 11.1. The molecule has 4 nitrogen and oxygen atoms in total. The summed E-state index contributed by atoms with van der Waals surface area (Å²) in [5.74, 6) is -0.795. The standard InChI is InChI=1S/C14H15BrN2O2/c15-10-2-1-3-12-14(10)9-4-6-16-7-5-11(9)17(12)8-13(18)19/h1-3,16H,4-8H2,(H,18,19). The summed E-state index contributed by atoms with van der Waals surface area (Å²) in [6.45, 7) is 1.88. The first-order valence-electron chi connectivity index (χ1n) is 6.39. The van der Waals surface area contributed by atoms with Crippen LogP contribution in [0.1, 0.15) is 11.3 Å². The quantitative estimate of drug-likeness (QED) is 0.891. The number of carbonyl (C=O) groups is 1. The maximum absolute atomic E-state index is 11.1. The van der Waals surface area contributed by atoms with Crippen molar-refractivity contribution >= 4 is 32.8 Å². The minimum absolute atomic E-state index is 0.0300. The van der Waals surface area contributed by atoms with Gasteiger partial charge in [-0.05, 0) is 30.7 Å². The number of halogens is 1. The normalized spacial score (nSPS) is 15.2. The fourth-order valence-electron chi connectivity index (χ4n) is 2.91. The zero-order chi connectivity index (χ0) is 13.4. The highest BCUT2D eigenvalue weighted by atomic mass is 79.9. The molecule has 0 saturated heterocycles. The number of rotatable bonds is 2. The lowest BCUT2D eigenvalue weighted by Gasteiger charge is -2.07. The molecule has 0 radical (unpaired) electrons. The lowest BCUT2D eigenvalue weighted by molar-refractivity contribution is -0.137. The monoisotopic (exact) mass is 322 g/mol. The summed E-state index contributed by atoms with van der Waals surface area (Å²) in [5.41, 5.74) is 3.46. The highest BCUT2D eigenvalue weighted by Crippen LogP contribution is 2.33. The van der Waals surface area contributed by atoms with Crippen LogP contribution in [0.5, 0.6) is 0 Å². The van der Waals surface area contributed by atoms with Gasteiger partial charge in [0.1, 0.15) is 6.54 Å². The third-order valence-corrected chi connectivity index (χ3v) is 4.30. The molecule has 0 unspecified atom stereocenters. The number of benzene rings is 1. The summed E-state index contributed by atoms with van der Waals surface area (Å²) in [7, 11) is 0. The molecule has 1 aliphatic rings. The van der Waals surface area contributed by atoms with E-state index >= 15 is 0 Å². The Morgan fingerprint density at radius 2 is 2.16 bits per heavy atom. The third-order valence-electron chi connectivity index (χ3n) is 3.64. The molecule has 1 aromatic heterocycles. The molecule has 100 valence electrons. The Morgan fingerprint density at radius 3 is 2.95 bits per heavy atom. The highest BCUT2D eigenvalue weighted by Gasteiger charge is 2.21. The van der Waals surface area contributed by atoms with E-state index < -0.39 is 5.97 Å². The topological polar surface area (TPSA) is 54.3 Å². The van der Waals surface area contributed by atoms with Gasteiger partial charge in [-0.3, -0.25) is 4.79 Å². The Kier molecular flexibility index (Phi) is 3.33. The molecule has 19 heavy (non-hydrogen) atoms. The first kappa shape index (κ1) is 12.7. The number of fused-ring (bicyclic) bond motifs is 3. The van der Waals surface area contributed by atoms with E-state index in [1.165, 1.54) is 10.9 Å². The Labute approximate surface area is 119 Å². The third kappa shape index (κ3) is 2.17. The molecule has 0 amide bonds. The van der Waals surface area contributed by atoms with Gasteiger partial charge in [-0.15, -0.1) is 0 Å². The van der Waals surface area contributed by atoms with E-state index in [0.29, 0.717) is 0 Å². The molecule has 0 atom stereocenters. The highest BCUT2D eigenvalue weighted by molar-refractivity contribution is 9.10. The molecule has 0 saturated carbocycles. The zero-order valence-corrected chi connectivity index (χ0v) is 12.0. The Hall–Kier alpha value is -1.33. The van der Waals surface area contributed by atoms with Crippen LogP contribution in [-0.4, -0.2) is 28.7 Å². The second-order valence-electron chi connectivity index (χ2n) is 4.79. The van der Waals surface area contributed by atoms with Gasteiger partial charge in [-0.1, -0.05) is 22.0 Å². The second-order valence-corrected chi connectivity index (χ2v) is 5.64. The number of nitrogens with one attached hydrogen (secondary N) is 1. The molecule has 2 aromatic rings. The van der Waals surface area contributed by atoms with E-state index in [4.69, 9.17) is 5.11 Å². The van der Waals surface area contributed by atoms with Crippen LogP contribution in [0.2, 0.25) is 0 Å². The molecule has 3 rings (SSSR count). The Bertz CT molecular complexity index is 648. The van der Waals surface area contributed by atoms with Crippen molar-refractivity contribution in [2.75, 3.05) is 13.1 Å². The van der Waals surface area contributed by atoms with Gasteiger partial charge in [-0.25, -0.2) is 0 Å². The first-order valence-corrected chi connectivity index (χ1v) is 7.18. The molecule has 2 N–H and O–H groups in total. The van der Waals surface area contributed by atoms with E-state index in [1.807, 2.05) is 22.8 Å². The lowest BCUT2D eigenvalue weighted by Crippen LogP contribution is -2.18. The summed E-state index contributed by atoms with van der Waals surface area (Å²) in [6.07, 6.45) is 1.82. The van der Waals surface area contributed by atoms with Gasteiger partial charge >= 0.3 is 5.97 Å². The molecule has 0 spiro atoms. The molecule has 1 aromatic carbocycles. The molecule has 0 aliphatic carbocycles. The fourth-order valence-corrected chi connectivity index (χ4v) is 3.50. The van der Waals surface area contributed by atoms with Crippen molar-refractivity contribution in [1.82, 2.24) is 9.88 Å². The molecule has 5 heteroatoms. The van der Waals surface area contributed by atoms with Crippen LogP contribution in [0.3, 0.4) is 0 Å². The average Bonchev–Trinajstić information content (AvgIpc) is 2.54. The number of aromatic nitrogens is 1. The van der Waals surface area contributed by atoms with Gasteiger partial charge in [0, 0.05) is 28.5 Å². The van der Waals surface area contributed by atoms with Crippen LogP contribution in [0.25, 0.3) is 10.9 Å². The fraction of sp³-hybridized carbons (Fsp3) is 0.357. The van der Waals surface area contributed by atoms with Crippen LogP contribution in [0.4, 0.5) is 0 Å². The molecule has 1 aliphatic heterocycles.